The zero-order chi connectivity index (χ0) is 14.4. The van der Waals surface area contributed by atoms with Crippen molar-refractivity contribution in [2.24, 2.45) is 0 Å². The number of halogens is 2. The van der Waals surface area contributed by atoms with Crippen LogP contribution in [0.1, 0.15) is 25.7 Å². The number of hydrogen-bond donors (Lipinski definition) is 2. The van der Waals surface area contributed by atoms with E-state index in [0.717, 1.165) is 25.9 Å². The Kier molecular flexibility index (Phi) is 5.92. The van der Waals surface area contributed by atoms with Crippen LogP contribution < -0.4 is 10.2 Å². The summed E-state index contributed by atoms with van der Waals surface area (Å²) in [4.78, 5) is 2.12. The maximum absolute atomic E-state index is 14.2. The molecular weight excluding hydrogens is 279 g/mol. The van der Waals surface area contributed by atoms with Crippen LogP contribution in [-0.2, 0) is 0 Å². The molecule has 1 atom stereocenters. The summed E-state index contributed by atoms with van der Waals surface area (Å²) in [5, 5.41) is 12.4. The highest BCUT2D eigenvalue weighted by atomic mass is 35.5. The fourth-order valence-corrected chi connectivity index (χ4v) is 2.58. The molecule has 1 aromatic carbocycles. The summed E-state index contributed by atoms with van der Waals surface area (Å²) in [5.41, 5.74) is 1.35. The van der Waals surface area contributed by atoms with Gasteiger partial charge in [0.15, 0.2) is 0 Å². The monoisotopic (exact) mass is 300 g/mol. The minimum absolute atomic E-state index is 0.168. The molecule has 2 rings (SSSR count). The Morgan fingerprint density at radius 1 is 1.25 bits per heavy atom. The van der Waals surface area contributed by atoms with Crippen molar-refractivity contribution in [3.8, 4) is 0 Å². The summed E-state index contributed by atoms with van der Waals surface area (Å²) in [5.74, 6) is -0.0429. The molecular formula is C15H22ClFN2O. The van der Waals surface area contributed by atoms with Crippen LogP contribution in [0.3, 0.4) is 0 Å². The lowest BCUT2D eigenvalue weighted by Gasteiger charge is -2.23. The van der Waals surface area contributed by atoms with Crippen molar-refractivity contribution in [2.75, 3.05) is 35.7 Å². The second-order valence-corrected chi connectivity index (χ2v) is 5.57. The van der Waals surface area contributed by atoms with Crippen LogP contribution in [-0.4, -0.2) is 36.7 Å². The molecule has 112 valence electrons. The molecule has 0 bridgehead atoms. The summed E-state index contributed by atoms with van der Waals surface area (Å²) < 4.78 is 14.2. The van der Waals surface area contributed by atoms with E-state index in [0.29, 0.717) is 17.9 Å². The van der Waals surface area contributed by atoms with E-state index in [-0.39, 0.29) is 11.7 Å². The predicted octanol–water partition coefficient (Wildman–Crippen LogP) is 3.22. The number of rotatable bonds is 5. The number of nitrogens with one attached hydrogen (secondary N) is 1. The van der Waals surface area contributed by atoms with Crippen LogP contribution in [0.5, 0.6) is 0 Å². The molecule has 0 spiro atoms. The molecule has 1 heterocycles. The lowest BCUT2D eigenvalue weighted by atomic mass is 10.2. The Bertz CT molecular complexity index is 422. The number of aliphatic hydroxyl groups excluding tert-OH is 1. The molecule has 3 nitrogen and oxygen atoms in total. The fourth-order valence-electron chi connectivity index (χ4n) is 2.48. The van der Waals surface area contributed by atoms with Crippen LogP contribution in [0.15, 0.2) is 18.2 Å². The molecule has 1 aliphatic heterocycles. The predicted molar refractivity (Wildman–Crippen MR) is 82.3 cm³/mol. The van der Waals surface area contributed by atoms with Crippen LogP contribution in [0.25, 0.3) is 0 Å². The van der Waals surface area contributed by atoms with Gasteiger partial charge in [-0.25, -0.2) is 4.39 Å². The van der Waals surface area contributed by atoms with E-state index in [1.807, 2.05) is 12.1 Å². The van der Waals surface area contributed by atoms with Gasteiger partial charge in [0.25, 0.3) is 0 Å². The standard InChI is InChI=1S/C15H22ClFN2O/c16-10-13(20)11-18-12-5-6-15(14(17)9-12)19-7-3-1-2-4-8-19/h5-6,9,13,18,20H,1-4,7-8,10-11H2. The number of hydrogen-bond acceptors (Lipinski definition) is 3. The molecule has 5 heteroatoms. The molecule has 20 heavy (non-hydrogen) atoms. The molecule has 0 saturated carbocycles. The van der Waals surface area contributed by atoms with Crippen molar-refractivity contribution >= 4 is 23.0 Å². The van der Waals surface area contributed by atoms with E-state index in [1.54, 1.807) is 0 Å². The number of alkyl halides is 1. The van der Waals surface area contributed by atoms with Crippen LogP contribution >= 0.6 is 11.6 Å². The number of aliphatic hydroxyl groups is 1. The number of benzene rings is 1. The van der Waals surface area contributed by atoms with Crippen LogP contribution in [0.4, 0.5) is 15.8 Å². The number of anilines is 2. The molecule has 1 saturated heterocycles. The van der Waals surface area contributed by atoms with Gasteiger partial charge in [-0.05, 0) is 31.0 Å². The lowest BCUT2D eigenvalue weighted by Crippen LogP contribution is -2.25. The van der Waals surface area contributed by atoms with Gasteiger partial charge in [0, 0.05) is 25.3 Å². The Balaban J connectivity index is 2.01. The van der Waals surface area contributed by atoms with Gasteiger partial charge < -0.3 is 15.3 Å². The van der Waals surface area contributed by atoms with E-state index in [2.05, 4.69) is 10.2 Å². The molecule has 1 unspecified atom stereocenters. The molecule has 0 amide bonds. The zero-order valence-electron chi connectivity index (χ0n) is 11.6. The third-order valence-electron chi connectivity index (χ3n) is 3.61. The molecule has 0 aliphatic carbocycles. The average Bonchev–Trinajstić information content (AvgIpc) is 2.73. The van der Waals surface area contributed by atoms with Crippen LogP contribution in [0.2, 0.25) is 0 Å². The van der Waals surface area contributed by atoms with Crippen molar-refractivity contribution in [2.45, 2.75) is 31.8 Å². The van der Waals surface area contributed by atoms with Gasteiger partial charge in [-0.15, -0.1) is 11.6 Å². The molecule has 0 aromatic heterocycles. The maximum Gasteiger partial charge on any atom is 0.148 e. The molecule has 1 aliphatic rings. The van der Waals surface area contributed by atoms with E-state index < -0.39 is 6.10 Å². The minimum atomic E-state index is -0.620. The molecule has 1 aromatic rings. The second-order valence-electron chi connectivity index (χ2n) is 5.26. The van der Waals surface area contributed by atoms with Gasteiger partial charge in [-0.3, -0.25) is 0 Å². The highest BCUT2D eigenvalue weighted by Gasteiger charge is 2.14. The summed E-state index contributed by atoms with van der Waals surface area (Å²) in [6.45, 7) is 2.18. The SMILES string of the molecule is OC(CCl)CNc1ccc(N2CCCCCC2)c(F)c1. The minimum Gasteiger partial charge on any atom is -0.390 e. The first-order valence-corrected chi connectivity index (χ1v) is 7.76. The maximum atomic E-state index is 14.2. The summed E-state index contributed by atoms with van der Waals surface area (Å²) in [6.07, 6.45) is 4.09. The normalized spacial score (nSPS) is 17.6. The Morgan fingerprint density at radius 3 is 2.55 bits per heavy atom. The Morgan fingerprint density at radius 2 is 1.95 bits per heavy atom. The number of nitrogens with zero attached hydrogens (tertiary/aromatic N) is 1. The highest BCUT2D eigenvalue weighted by Crippen LogP contribution is 2.25. The van der Waals surface area contributed by atoms with Crippen molar-refractivity contribution in [1.29, 1.82) is 0 Å². The van der Waals surface area contributed by atoms with Crippen molar-refractivity contribution < 1.29 is 9.50 Å². The third kappa shape index (κ3) is 4.25. The topological polar surface area (TPSA) is 35.5 Å². The molecule has 2 N–H and O–H groups in total. The zero-order valence-corrected chi connectivity index (χ0v) is 12.4. The van der Waals surface area contributed by atoms with Crippen molar-refractivity contribution in [3.63, 3.8) is 0 Å². The largest absolute Gasteiger partial charge is 0.390 e. The lowest BCUT2D eigenvalue weighted by molar-refractivity contribution is 0.211. The first-order chi connectivity index (χ1) is 9.70. The second kappa shape index (κ2) is 7.70. The van der Waals surface area contributed by atoms with Gasteiger partial charge in [-0.1, -0.05) is 12.8 Å². The summed E-state index contributed by atoms with van der Waals surface area (Å²) in [6, 6.07) is 5.15. The first kappa shape index (κ1) is 15.4. The van der Waals surface area contributed by atoms with Gasteiger partial charge in [-0.2, -0.15) is 0 Å². The highest BCUT2D eigenvalue weighted by molar-refractivity contribution is 6.18. The van der Waals surface area contributed by atoms with Gasteiger partial charge in [0.2, 0.25) is 0 Å². The van der Waals surface area contributed by atoms with E-state index in [1.165, 1.54) is 18.9 Å². The van der Waals surface area contributed by atoms with Gasteiger partial charge in [0.05, 0.1) is 17.7 Å². The first-order valence-electron chi connectivity index (χ1n) is 7.23. The molecule has 1 fully saturated rings. The smallest absolute Gasteiger partial charge is 0.148 e. The molecule has 0 radical (unpaired) electrons. The van der Waals surface area contributed by atoms with Crippen LogP contribution in [0, 0.1) is 5.82 Å². The van der Waals surface area contributed by atoms with Crippen molar-refractivity contribution in [1.82, 2.24) is 0 Å². The van der Waals surface area contributed by atoms with E-state index >= 15 is 0 Å². The quantitative estimate of drug-likeness (QED) is 0.820. The third-order valence-corrected chi connectivity index (χ3v) is 3.97. The van der Waals surface area contributed by atoms with Gasteiger partial charge in [0.1, 0.15) is 5.82 Å². The van der Waals surface area contributed by atoms with Crippen molar-refractivity contribution in [3.05, 3.63) is 24.0 Å². The average molecular weight is 301 g/mol. The van der Waals surface area contributed by atoms with E-state index in [9.17, 15) is 9.50 Å². The fraction of sp³-hybridized carbons (Fsp3) is 0.600. The Labute approximate surface area is 124 Å². The summed E-state index contributed by atoms with van der Waals surface area (Å²) in [7, 11) is 0. The van der Waals surface area contributed by atoms with Gasteiger partial charge >= 0.3 is 0 Å². The summed E-state index contributed by atoms with van der Waals surface area (Å²) >= 11 is 5.52. The Hall–Kier alpha value is -1.00. The van der Waals surface area contributed by atoms with E-state index in [4.69, 9.17) is 11.6 Å².